The minimum atomic E-state index is -1.13. The van der Waals surface area contributed by atoms with Gasteiger partial charge in [0.25, 0.3) is 0 Å². The number of carboxylic acids is 1. The fourth-order valence-corrected chi connectivity index (χ4v) is 5.27. The summed E-state index contributed by atoms with van der Waals surface area (Å²) in [6.07, 6.45) is 0.109. The van der Waals surface area contributed by atoms with Crippen molar-refractivity contribution in [2.45, 2.75) is 72.4 Å². The minimum Gasteiger partial charge on any atom is -0.481 e. The van der Waals surface area contributed by atoms with E-state index < -0.39 is 30.1 Å². The Bertz CT molecular complexity index is 1070. The van der Waals surface area contributed by atoms with Gasteiger partial charge in [-0.2, -0.15) is 0 Å². The number of aryl methyl sites for hydroxylation is 2. The molecule has 0 bridgehead atoms. The summed E-state index contributed by atoms with van der Waals surface area (Å²) in [6, 6.07) is -1.03. The van der Waals surface area contributed by atoms with Gasteiger partial charge in [0.05, 0.1) is 22.6 Å². The number of rotatable bonds is 7. The first-order valence-corrected chi connectivity index (χ1v) is 12.1. The number of carboxylic acid groups (broad SMARTS) is 1. The number of aliphatic carboxylic acids is 1. The number of hydrogen-bond acceptors (Lipinski definition) is 8. The number of nitrogens with zero attached hydrogens (tertiary/aromatic N) is 1. The smallest absolute Gasteiger partial charge is 0.408 e. The van der Waals surface area contributed by atoms with E-state index in [1.807, 2.05) is 13.8 Å². The fraction of sp³-hybridized carbons (Fsp3) is 0.583. The standard InChI is InChI=1S/C24H32N2O7S/c1-12-14(3)34-22(18(12)20(29)15-7-9-31-10-8-15)19-13(2)26-33-21(19)16(11-17(27)28)25-23(30)32-24(4,5)6/h15-16H,7-11H2,1-6H3,(H,25,30)(H,27,28). The largest absolute Gasteiger partial charge is 0.481 e. The minimum absolute atomic E-state index is 0.0431. The number of alkyl carbamates (subject to hydrolysis) is 1. The molecule has 1 amide bonds. The average Bonchev–Trinajstić information content (AvgIpc) is 3.25. The highest BCUT2D eigenvalue weighted by atomic mass is 32.1. The molecule has 186 valence electrons. The van der Waals surface area contributed by atoms with Crippen molar-refractivity contribution < 1.29 is 33.5 Å². The van der Waals surface area contributed by atoms with E-state index in [9.17, 15) is 19.5 Å². The van der Waals surface area contributed by atoms with Crippen molar-refractivity contribution in [3.63, 3.8) is 0 Å². The summed E-state index contributed by atoms with van der Waals surface area (Å²) >= 11 is 1.44. The first-order valence-electron chi connectivity index (χ1n) is 11.3. The van der Waals surface area contributed by atoms with Crippen molar-refractivity contribution in [1.82, 2.24) is 10.5 Å². The van der Waals surface area contributed by atoms with Crippen LogP contribution in [0.25, 0.3) is 10.4 Å². The second-order valence-electron chi connectivity index (χ2n) is 9.54. The molecule has 1 atom stereocenters. The van der Waals surface area contributed by atoms with Gasteiger partial charge in [0.1, 0.15) is 11.6 Å². The van der Waals surface area contributed by atoms with Crippen LogP contribution in [0.3, 0.4) is 0 Å². The number of ketones is 1. The summed E-state index contributed by atoms with van der Waals surface area (Å²) in [4.78, 5) is 39.3. The predicted molar refractivity (Wildman–Crippen MR) is 126 cm³/mol. The Balaban J connectivity index is 2.06. The van der Waals surface area contributed by atoms with E-state index in [1.54, 1.807) is 27.7 Å². The Labute approximate surface area is 202 Å². The van der Waals surface area contributed by atoms with Crippen LogP contribution in [0, 0.1) is 26.7 Å². The van der Waals surface area contributed by atoms with Crippen molar-refractivity contribution in [1.29, 1.82) is 0 Å². The lowest BCUT2D eigenvalue weighted by atomic mass is 9.87. The molecule has 2 N–H and O–H groups in total. The molecule has 34 heavy (non-hydrogen) atoms. The lowest BCUT2D eigenvalue weighted by Crippen LogP contribution is -2.35. The molecule has 2 aromatic rings. The summed E-state index contributed by atoms with van der Waals surface area (Å²) in [6.45, 7) is 11.8. The molecular formula is C24H32N2O7S. The summed E-state index contributed by atoms with van der Waals surface area (Å²) in [5, 5.41) is 16.2. The number of thiophene rings is 1. The van der Waals surface area contributed by atoms with Crippen LogP contribution < -0.4 is 5.32 Å². The highest BCUT2D eigenvalue weighted by Gasteiger charge is 2.34. The van der Waals surface area contributed by atoms with Gasteiger partial charge in [-0.25, -0.2) is 4.79 Å². The fourth-order valence-electron chi connectivity index (χ4n) is 4.00. The molecule has 1 saturated heterocycles. The van der Waals surface area contributed by atoms with Gasteiger partial charge in [-0.05, 0) is 59.9 Å². The number of nitrogens with one attached hydrogen (secondary N) is 1. The molecule has 2 aromatic heterocycles. The van der Waals surface area contributed by atoms with Crippen LogP contribution in [0.5, 0.6) is 0 Å². The summed E-state index contributed by atoms with van der Waals surface area (Å²) < 4.78 is 16.3. The van der Waals surface area contributed by atoms with Crippen LogP contribution >= 0.6 is 11.3 Å². The highest BCUT2D eigenvalue weighted by Crippen LogP contribution is 2.43. The van der Waals surface area contributed by atoms with Crippen molar-refractivity contribution in [3.05, 3.63) is 27.5 Å². The number of amides is 1. The third kappa shape index (κ3) is 5.85. The Morgan fingerprint density at radius 3 is 2.44 bits per heavy atom. The SMILES string of the molecule is Cc1noc(C(CC(=O)O)NC(=O)OC(C)(C)C)c1-c1sc(C)c(C)c1C(=O)C1CCOCC1. The number of Topliss-reactive ketones (excluding diaryl/α,β-unsaturated/α-hetero) is 1. The zero-order chi connectivity index (χ0) is 25.2. The van der Waals surface area contributed by atoms with Crippen LogP contribution in [0.1, 0.15) is 78.3 Å². The van der Waals surface area contributed by atoms with E-state index in [2.05, 4.69) is 10.5 Å². The predicted octanol–water partition coefficient (Wildman–Crippen LogP) is 4.98. The zero-order valence-corrected chi connectivity index (χ0v) is 21.3. The monoisotopic (exact) mass is 492 g/mol. The van der Waals surface area contributed by atoms with Gasteiger partial charge in [-0.3, -0.25) is 9.59 Å². The first-order chi connectivity index (χ1) is 15.9. The van der Waals surface area contributed by atoms with Gasteiger partial charge >= 0.3 is 12.1 Å². The molecule has 1 fully saturated rings. The molecule has 1 aliphatic rings. The molecule has 3 rings (SSSR count). The van der Waals surface area contributed by atoms with E-state index in [0.29, 0.717) is 47.8 Å². The molecule has 0 spiro atoms. The van der Waals surface area contributed by atoms with Gasteiger partial charge in [-0.1, -0.05) is 5.16 Å². The van der Waals surface area contributed by atoms with Crippen LogP contribution in [0.15, 0.2) is 4.52 Å². The van der Waals surface area contributed by atoms with Crippen LogP contribution in [0.4, 0.5) is 4.79 Å². The molecule has 1 aliphatic heterocycles. The lowest BCUT2D eigenvalue weighted by molar-refractivity contribution is -0.137. The lowest BCUT2D eigenvalue weighted by Gasteiger charge is -2.23. The van der Waals surface area contributed by atoms with Crippen molar-refractivity contribution in [2.24, 2.45) is 5.92 Å². The quantitative estimate of drug-likeness (QED) is 0.518. The van der Waals surface area contributed by atoms with Gasteiger partial charge in [-0.15, -0.1) is 11.3 Å². The van der Waals surface area contributed by atoms with Crippen LogP contribution in [-0.4, -0.2) is 46.9 Å². The van der Waals surface area contributed by atoms with E-state index in [1.165, 1.54) is 11.3 Å². The molecule has 0 aliphatic carbocycles. The number of carbonyl (C=O) groups excluding carboxylic acids is 2. The molecule has 0 saturated carbocycles. The average molecular weight is 493 g/mol. The van der Waals surface area contributed by atoms with E-state index in [4.69, 9.17) is 14.0 Å². The van der Waals surface area contributed by atoms with E-state index in [0.717, 1.165) is 10.4 Å². The number of hydrogen-bond donors (Lipinski definition) is 2. The Morgan fingerprint density at radius 1 is 1.21 bits per heavy atom. The van der Waals surface area contributed by atoms with Crippen molar-refractivity contribution in [3.8, 4) is 10.4 Å². The number of carbonyl (C=O) groups is 3. The van der Waals surface area contributed by atoms with Gasteiger partial charge < -0.3 is 24.4 Å². The maximum atomic E-state index is 13.6. The summed E-state index contributed by atoms with van der Waals surface area (Å²) in [7, 11) is 0. The molecule has 0 radical (unpaired) electrons. The molecule has 3 heterocycles. The molecule has 0 aromatic carbocycles. The maximum Gasteiger partial charge on any atom is 0.408 e. The zero-order valence-electron chi connectivity index (χ0n) is 20.4. The molecule has 1 unspecified atom stereocenters. The summed E-state index contributed by atoms with van der Waals surface area (Å²) in [5.74, 6) is -1.04. The topological polar surface area (TPSA) is 128 Å². The maximum absolute atomic E-state index is 13.6. The summed E-state index contributed by atoms with van der Waals surface area (Å²) in [5.41, 5.74) is 1.78. The third-order valence-corrected chi connectivity index (χ3v) is 6.95. The van der Waals surface area contributed by atoms with E-state index in [-0.39, 0.29) is 17.5 Å². The second kappa shape index (κ2) is 10.3. The van der Waals surface area contributed by atoms with Crippen molar-refractivity contribution in [2.75, 3.05) is 13.2 Å². The molecule has 9 nitrogen and oxygen atoms in total. The van der Waals surface area contributed by atoms with Crippen LogP contribution in [0.2, 0.25) is 0 Å². The first kappa shape index (κ1) is 25.9. The third-order valence-electron chi connectivity index (χ3n) is 5.73. The highest BCUT2D eigenvalue weighted by molar-refractivity contribution is 7.16. The molecular weight excluding hydrogens is 460 g/mol. The number of ether oxygens (including phenoxy) is 2. The Kier molecular flexibility index (Phi) is 7.82. The van der Waals surface area contributed by atoms with Crippen LogP contribution in [-0.2, 0) is 14.3 Å². The van der Waals surface area contributed by atoms with E-state index >= 15 is 0 Å². The normalized spacial score (nSPS) is 15.7. The van der Waals surface area contributed by atoms with Crippen molar-refractivity contribution >= 4 is 29.2 Å². The number of aromatic nitrogens is 1. The van der Waals surface area contributed by atoms with Gasteiger partial charge in [0, 0.05) is 29.6 Å². The Morgan fingerprint density at radius 2 is 1.85 bits per heavy atom. The van der Waals surface area contributed by atoms with Gasteiger partial charge in [0.15, 0.2) is 11.5 Å². The second-order valence-corrected chi connectivity index (χ2v) is 10.8. The Hall–Kier alpha value is -2.72. The molecule has 10 heteroatoms. The van der Waals surface area contributed by atoms with Gasteiger partial charge in [0.2, 0.25) is 0 Å².